The molecule has 184 valence electrons. The van der Waals surface area contributed by atoms with Crippen LogP contribution in [0.15, 0.2) is 121 Å². The molecule has 1 aliphatic rings. The molecule has 1 fully saturated rings. The van der Waals surface area contributed by atoms with Gasteiger partial charge in [0.2, 0.25) is 0 Å². The first-order valence-corrected chi connectivity index (χ1v) is 12.6. The molecule has 1 N–H and O–H groups in total. The van der Waals surface area contributed by atoms with E-state index in [-0.39, 0.29) is 6.61 Å². The SMILES string of the molecule is OC(C#CCOCC1C/C1=C\c1cccc(OCc2ccccc2)c1)(c1ccccc1)c1ccccc1. The predicted molar refractivity (Wildman–Crippen MR) is 148 cm³/mol. The highest BCUT2D eigenvalue weighted by Gasteiger charge is 2.30. The molecule has 0 saturated heterocycles. The molecule has 0 aromatic heterocycles. The number of ether oxygens (including phenoxy) is 2. The minimum absolute atomic E-state index is 0.272. The summed E-state index contributed by atoms with van der Waals surface area (Å²) in [6.45, 7) is 1.45. The normalized spacial score (nSPS) is 15.6. The second-order valence-electron chi connectivity index (χ2n) is 9.23. The Morgan fingerprint density at radius 2 is 1.46 bits per heavy atom. The van der Waals surface area contributed by atoms with Crippen LogP contribution in [0, 0.1) is 17.8 Å². The Labute approximate surface area is 219 Å². The lowest BCUT2D eigenvalue weighted by Gasteiger charge is -2.23. The van der Waals surface area contributed by atoms with Gasteiger partial charge in [-0.25, -0.2) is 0 Å². The molecule has 3 heteroatoms. The first-order chi connectivity index (χ1) is 18.2. The van der Waals surface area contributed by atoms with Crippen molar-refractivity contribution >= 4 is 6.08 Å². The molecule has 1 unspecified atom stereocenters. The van der Waals surface area contributed by atoms with Crippen molar-refractivity contribution in [1.29, 1.82) is 0 Å². The highest BCUT2D eigenvalue weighted by molar-refractivity contribution is 5.59. The minimum atomic E-state index is -1.37. The lowest BCUT2D eigenvalue weighted by molar-refractivity contribution is 0.141. The van der Waals surface area contributed by atoms with E-state index in [1.165, 1.54) is 5.57 Å². The third-order valence-corrected chi connectivity index (χ3v) is 6.45. The van der Waals surface area contributed by atoms with Crippen molar-refractivity contribution in [3.8, 4) is 17.6 Å². The van der Waals surface area contributed by atoms with Crippen LogP contribution in [0.1, 0.15) is 28.7 Å². The molecule has 0 bridgehead atoms. The largest absolute Gasteiger partial charge is 0.489 e. The smallest absolute Gasteiger partial charge is 0.176 e. The summed E-state index contributed by atoms with van der Waals surface area (Å²) < 4.78 is 11.8. The molecule has 0 aliphatic heterocycles. The summed E-state index contributed by atoms with van der Waals surface area (Å²) in [5, 5.41) is 11.5. The Bertz CT molecular complexity index is 1340. The van der Waals surface area contributed by atoms with E-state index in [1.807, 2.05) is 91.0 Å². The maximum absolute atomic E-state index is 11.5. The third-order valence-electron chi connectivity index (χ3n) is 6.45. The van der Waals surface area contributed by atoms with Crippen molar-refractivity contribution in [2.24, 2.45) is 5.92 Å². The Balaban J connectivity index is 1.14. The van der Waals surface area contributed by atoms with Crippen LogP contribution >= 0.6 is 0 Å². The van der Waals surface area contributed by atoms with Crippen molar-refractivity contribution in [3.05, 3.63) is 143 Å². The summed E-state index contributed by atoms with van der Waals surface area (Å²) >= 11 is 0. The van der Waals surface area contributed by atoms with Gasteiger partial charge in [0.15, 0.2) is 5.60 Å². The van der Waals surface area contributed by atoms with Crippen molar-refractivity contribution in [3.63, 3.8) is 0 Å². The van der Waals surface area contributed by atoms with Crippen LogP contribution < -0.4 is 4.74 Å². The molecule has 0 spiro atoms. The van der Waals surface area contributed by atoms with Crippen LogP contribution in [0.2, 0.25) is 0 Å². The van der Waals surface area contributed by atoms with Gasteiger partial charge < -0.3 is 14.6 Å². The molecule has 0 amide bonds. The highest BCUT2D eigenvalue weighted by Crippen LogP contribution is 2.39. The molecule has 1 aliphatic carbocycles. The van der Waals surface area contributed by atoms with Crippen molar-refractivity contribution < 1.29 is 14.6 Å². The lowest BCUT2D eigenvalue weighted by atomic mass is 9.87. The quantitative estimate of drug-likeness (QED) is 0.213. The maximum Gasteiger partial charge on any atom is 0.176 e. The molecule has 0 radical (unpaired) electrons. The van der Waals surface area contributed by atoms with Gasteiger partial charge >= 0.3 is 0 Å². The van der Waals surface area contributed by atoms with E-state index >= 15 is 0 Å². The van der Waals surface area contributed by atoms with Gasteiger partial charge in [-0.3, -0.25) is 0 Å². The maximum atomic E-state index is 11.5. The fourth-order valence-corrected chi connectivity index (χ4v) is 4.30. The molecular weight excluding hydrogens is 456 g/mol. The zero-order valence-corrected chi connectivity index (χ0v) is 20.7. The molecule has 1 saturated carbocycles. The average molecular weight is 487 g/mol. The van der Waals surface area contributed by atoms with E-state index < -0.39 is 5.60 Å². The number of hydrogen-bond donors (Lipinski definition) is 1. The van der Waals surface area contributed by atoms with Gasteiger partial charge in [-0.2, -0.15) is 0 Å². The zero-order chi connectivity index (χ0) is 25.3. The van der Waals surface area contributed by atoms with Gasteiger partial charge in [0.25, 0.3) is 0 Å². The standard InChI is InChI=1S/C34H30O3/c35-34(31-15-6-2-7-16-31,32-17-8-3-9-18-32)20-11-21-36-26-30-24-29(30)22-28-14-10-19-33(23-28)37-25-27-12-4-1-5-13-27/h1-10,12-19,22-23,30,35H,21,24-26H2/b29-22+. The molecule has 0 heterocycles. The summed E-state index contributed by atoms with van der Waals surface area (Å²) in [6, 6.07) is 37.4. The monoisotopic (exact) mass is 486 g/mol. The van der Waals surface area contributed by atoms with E-state index in [4.69, 9.17) is 9.47 Å². The van der Waals surface area contributed by atoms with Gasteiger partial charge in [0.1, 0.15) is 19.0 Å². The van der Waals surface area contributed by atoms with E-state index in [0.717, 1.165) is 34.4 Å². The van der Waals surface area contributed by atoms with Crippen LogP contribution in [0.25, 0.3) is 6.08 Å². The van der Waals surface area contributed by atoms with Gasteiger partial charge in [0, 0.05) is 17.0 Å². The van der Waals surface area contributed by atoms with Crippen molar-refractivity contribution in [2.75, 3.05) is 13.2 Å². The molecule has 37 heavy (non-hydrogen) atoms. The second kappa shape index (κ2) is 11.8. The predicted octanol–water partition coefficient (Wildman–Crippen LogP) is 6.63. The van der Waals surface area contributed by atoms with Gasteiger partial charge in [-0.1, -0.05) is 127 Å². The van der Waals surface area contributed by atoms with Crippen LogP contribution in [0.3, 0.4) is 0 Å². The molecule has 1 atom stereocenters. The molecular formula is C34H30O3. The molecule has 4 aromatic rings. The van der Waals surface area contributed by atoms with Crippen LogP contribution in [-0.4, -0.2) is 18.3 Å². The van der Waals surface area contributed by atoms with Crippen LogP contribution in [0.4, 0.5) is 0 Å². The van der Waals surface area contributed by atoms with E-state index in [1.54, 1.807) is 0 Å². The Kier molecular flexibility index (Phi) is 7.81. The van der Waals surface area contributed by atoms with E-state index in [0.29, 0.717) is 19.1 Å². The summed E-state index contributed by atoms with van der Waals surface area (Å²) in [5.74, 6) is 7.38. The summed E-state index contributed by atoms with van der Waals surface area (Å²) in [4.78, 5) is 0. The summed E-state index contributed by atoms with van der Waals surface area (Å²) in [5.41, 5.74) is 3.79. The lowest BCUT2D eigenvalue weighted by Crippen LogP contribution is -2.25. The fraction of sp³-hybridized carbons (Fsp3) is 0.176. The second-order valence-corrected chi connectivity index (χ2v) is 9.23. The van der Waals surface area contributed by atoms with E-state index in [2.05, 4.69) is 42.2 Å². The average Bonchev–Trinajstić information content (AvgIpc) is 3.70. The first-order valence-electron chi connectivity index (χ1n) is 12.6. The number of benzene rings is 4. The number of aliphatic hydroxyl groups is 1. The van der Waals surface area contributed by atoms with Gasteiger partial charge in [0.05, 0.1) is 6.61 Å². The van der Waals surface area contributed by atoms with Gasteiger partial charge in [-0.15, -0.1) is 0 Å². The topological polar surface area (TPSA) is 38.7 Å². The fourth-order valence-electron chi connectivity index (χ4n) is 4.30. The van der Waals surface area contributed by atoms with Gasteiger partial charge in [-0.05, 0) is 29.7 Å². The Morgan fingerprint density at radius 3 is 2.14 bits per heavy atom. The van der Waals surface area contributed by atoms with E-state index in [9.17, 15) is 5.11 Å². The molecule has 4 aromatic carbocycles. The highest BCUT2D eigenvalue weighted by atomic mass is 16.5. The zero-order valence-electron chi connectivity index (χ0n) is 20.7. The molecule has 5 rings (SSSR count). The van der Waals surface area contributed by atoms with Crippen LogP contribution in [-0.2, 0) is 16.9 Å². The Morgan fingerprint density at radius 1 is 0.811 bits per heavy atom. The van der Waals surface area contributed by atoms with Crippen molar-refractivity contribution in [2.45, 2.75) is 18.6 Å². The summed E-state index contributed by atoms with van der Waals surface area (Å²) in [6.07, 6.45) is 3.25. The summed E-state index contributed by atoms with van der Waals surface area (Å²) in [7, 11) is 0. The van der Waals surface area contributed by atoms with Crippen molar-refractivity contribution in [1.82, 2.24) is 0 Å². The number of hydrogen-bond acceptors (Lipinski definition) is 3. The van der Waals surface area contributed by atoms with Crippen LogP contribution in [0.5, 0.6) is 5.75 Å². The number of rotatable bonds is 9. The molecule has 3 nitrogen and oxygen atoms in total. The third kappa shape index (κ3) is 6.57. The first kappa shape index (κ1) is 24.6. The minimum Gasteiger partial charge on any atom is -0.489 e. The Hall–Kier alpha value is -4.10.